The molecule has 0 saturated carbocycles. The van der Waals surface area contributed by atoms with Crippen molar-refractivity contribution in [3.05, 3.63) is 77.7 Å². The lowest BCUT2D eigenvalue weighted by atomic mass is 10.1. The summed E-state index contributed by atoms with van der Waals surface area (Å²) in [5.41, 5.74) is 0.470. The van der Waals surface area contributed by atoms with Gasteiger partial charge < -0.3 is 15.6 Å². The minimum absolute atomic E-state index is 0.181. The third-order valence-electron chi connectivity index (χ3n) is 4.78. The second kappa shape index (κ2) is 7.75. The van der Waals surface area contributed by atoms with Crippen LogP contribution in [0.2, 0.25) is 0 Å². The summed E-state index contributed by atoms with van der Waals surface area (Å²) in [7, 11) is 1.44. The average molecular weight is 428 g/mol. The normalized spacial score (nSPS) is 11.5. The number of aromatic nitrogens is 2. The second-order valence-electron chi connectivity index (χ2n) is 6.75. The molecule has 4 aromatic rings. The Kier molecular flexibility index (Phi) is 5.10. The number of carbonyl (C=O) groups is 1. The number of pyridine rings is 1. The molecule has 0 fully saturated rings. The first-order valence-electron chi connectivity index (χ1n) is 9.21. The molecule has 0 bridgehead atoms. The first kappa shape index (κ1) is 20.4. The van der Waals surface area contributed by atoms with Crippen LogP contribution in [0.5, 0.6) is 0 Å². The van der Waals surface area contributed by atoms with Gasteiger partial charge in [0.25, 0.3) is 5.91 Å². The number of alkyl halides is 3. The Labute approximate surface area is 174 Å². The molecule has 9 heteroatoms. The Balaban J connectivity index is 1.90. The molecule has 2 aromatic carbocycles. The van der Waals surface area contributed by atoms with Crippen LogP contribution in [0.3, 0.4) is 0 Å². The van der Waals surface area contributed by atoms with Gasteiger partial charge in [-0.2, -0.15) is 13.2 Å². The number of anilines is 2. The van der Waals surface area contributed by atoms with E-state index in [0.29, 0.717) is 11.3 Å². The first-order valence-corrected chi connectivity index (χ1v) is 9.21. The van der Waals surface area contributed by atoms with Crippen molar-refractivity contribution < 1.29 is 22.4 Å². The van der Waals surface area contributed by atoms with Gasteiger partial charge in [0, 0.05) is 24.3 Å². The molecule has 1 amide bonds. The van der Waals surface area contributed by atoms with Gasteiger partial charge in [-0.05, 0) is 48.0 Å². The van der Waals surface area contributed by atoms with Crippen LogP contribution >= 0.6 is 0 Å². The number of amides is 1. The number of fused-ring (bicyclic) bond motifs is 1. The fourth-order valence-electron chi connectivity index (χ4n) is 3.27. The van der Waals surface area contributed by atoms with Crippen molar-refractivity contribution in [1.29, 1.82) is 0 Å². The molecule has 0 aliphatic rings. The van der Waals surface area contributed by atoms with Gasteiger partial charge in [0.05, 0.1) is 22.5 Å². The van der Waals surface area contributed by atoms with Crippen molar-refractivity contribution in [2.24, 2.45) is 0 Å². The molecule has 5 nitrogen and oxygen atoms in total. The van der Waals surface area contributed by atoms with Crippen LogP contribution in [0, 0.1) is 5.82 Å². The number of aromatic amines is 1. The van der Waals surface area contributed by atoms with Gasteiger partial charge in [-0.3, -0.25) is 4.79 Å². The van der Waals surface area contributed by atoms with Crippen molar-refractivity contribution in [2.75, 3.05) is 12.4 Å². The van der Waals surface area contributed by atoms with Gasteiger partial charge in [-0.1, -0.05) is 12.1 Å². The lowest BCUT2D eigenvalue weighted by Gasteiger charge is -2.17. The molecule has 31 heavy (non-hydrogen) atoms. The predicted octanol–water partition coefficient (Wildman–Crippen LogP) is 5.49. The van der Waals surface area contributed by atoms with E-state index in [9.17, 15) is 22.4 Å². The molecule has 3 N–H and O–H groups in total. The molecule has 0 radical (unpaired) electrons. The number of rotatable bonds is 4. The predicted molar refractivity (Wildman–Crippen MR) is 110 cm³/mol. The van der Waals surface area contributed by atoms with Gasteiger partial charge >= 0.3 is 6.18 Å². The third-order valence-corrected chi connectivity index (χ3v) is 4.78. The quantitative estimate of drug-likeness (QED) is 0.377. The summed E-state index contributed by atoms with van der Waals surface area (Å²) >= 11 is 0. The summed E-state index contributed by atoms with van der Waals surface area (Å²) in [5, 5.41) is 5.43. The van der Waals surface area contributed by atoms with Crippen molar-refractivity contribution in [2.45, 2.75) is 6.18 Å². The molecule has 4 rings (SSSR count). The molecule has 2 aromatic heterocycles. The molecule has 158 valence electrons. The van der Waals surface area contributed by atoms with Crippen LogP contribution in [0.25, 0.3) is 22.3 Å². The summed E-state index contributed by atoms with van der Waals surface area (Å²) in [5.74, 6) is -0.867. The number of benzene rings is 2. The fraction of sp³-hybridized carbons (Fsp3) is 0.0909. The summed E-state index contributed by atoms with van der Waals surface area (Å²) in [6.45, 7) is 0. The number of hydrogen-bond donors (Lipinski definition) is 3. The third kappa shape index (κ3) is 3.94. The molecular weight excluding hydrogens is 412 g/mol. The van der Waals surface area contributed by atoms with E-state index in [0.717, 1.165) is 6.20 Å². The average Bonchev–Trinajstić information content (AvgIpc) is 3.18. The molecule has 0 aliphatic heterocycles. The number of halogens is 4. The topological polar surface area (TPSA) is 69.8 Å². The van der Waals surface area contributed by atoms with Crippen LogP contribution in [-0.4, -0.2) is 22.9 Å². The minimum atomic E-state index is -4.68. The minimum Gasteiger partial charge on any atom is -0.355 e. The van der Waals surface area contributed by atoms with E-state index in [-0.39, 0.29) is 28.0 Å². The second-order valence-corrected chi connectivity index (χ2v) is 6.75. The van der Waals surface area contributed by atoms with Gasteiger partial charge in [0.2, 0.25) is 0 Å². The molecule has 2 heterocycles. The Morgan fingerprint density at radius 2 is 1.77 bits per heavy atom. The largest absolute Gasteiger partial charge is 0.419 e. The standard InChI is InChI=1S/C22H16F4N4O/c1-27-21(31)14-4-2-3-5-17(14)29-19-15-10-18(12-6-8-13(23)9-7-12)30-20(15)28-11-16(19)22(24,25)26/h2-11H,1H3,(H,27,31)(H2,28,29,30). The smallest absolute Gasteiger partial charge is 0.355 e. The van der Waals surface area contributed by atoms with E-state index in [2.05, 4.69) is 20.6 Å². The summed E-state index contributed by atoms with van der Waals surface area (Å²) in [4.78, 5) is 19.0. The zero-order valence-corrected chi connectivity index (χ0v) is 16.1. The maximum Gasteiger partial charge on any atom is 0.419 e. The number of para-hydroxylation sites is 1. The maximum absolute atomic E-state index is 13.8. The van der Waals surface area contributed by atoms with E-state index in [1.807, 2.05) is 0 Å². The highest BCUT2D eigenvalue weighted by Crippen LogP contribution is 2.41. The molecule has 0 aliphatic carbocycles. The van der Waals surface area contributed by atoms with Crippen LogP contribution < -0.4 is 10.6 Å². The molecule has 0 saturated heterocycles. The highest BCUT2D eigenvalue weighted by Gasteiger charge is 2.35. The van der Waals surface area contributed by atoms with E-state index >= 15 is 0 Å². The first-order chi connectivity index (χ1) is 14.8. The van der Waals surface area contributed by atoms with E-state index in [1.165, 1.54) is 49.5 Å². The van der Waals surface area contributed by atoms with Gasteiger partial charge in [-0.25, -0.2) is 9.37 Å². The Morgan fingerprint density at radius 1 is 1.06 bits per heavy atom. The van der Waals surface area contributed by atoms with Gasteiger partial charge in [0.1, 0.15) is 11.5 Å². The number of carbonyl (C=O) groups excluding carboxylic acids is 1. The molecule has 0 unspecified atom stereocenters. The highest BCUT2D eigenvalue weighted by molar-refractivity contribution is 6.03. The number of nitrogens with zero attached hydrogens (tertiary/aromatic N) is 1. The van der Waals surface area contributed by atoms with Gasteiger partial charge in [-0.15, -0.1) is 0 Å². The number of H-pyrrole nitrogens is 1. The SMILES string of the molecule is CNC(=O)c1ccccc1Nc1c(C(F)(F)F)cnc2[nH]c(-c3ccc(F)cc3)cc12. The van der Waals surface area contributed by atoms with E-state index in [4.69, 9.17) is 0 Å². The summed E-state index contributed by atoms with van der Waals surface area (Å²) < 4.78 is 54.5. The zero-order chi connectivity index (χ0) is 22.2. The molecule has 0 atom stereocenters. The van der Waals surface area contributed by atoms with Gasteiger partial charge in [0.15, 0.2) is 0 Å². The zero-order valence-electron chi connectivity index (χ0n) is 16.1. The summed E-state index contributed by atoms with van der Waals surface area (Å²) in [6, 6.07) is 13.3. The van der Waals surface area contributed by atoms with Crippen LogP contribution in [0.15, 0.2) is 60.8 Å². The van der Waals surface area contributed by atoms with Crippen LogP contribution in [-0.2, 0) is 6.18 Å². The maximum atomic E-state index is 13.8. The van der Waals surface area contributed by atoms with Crippen molar-refractivity contribution >= 4 is 28.3 Å². The van der Waals surface area contributed by atoms with Crippen LogP contribution in [0.4, 0.5) is 28.9 Å². The number of hydrogen-bond acceptors (Lipinski definition) is 3. The van der Waals surface area contributed by atoms with E-state index in [1.54, 1.807) is 12.1 Å². The van der Waals surface area contributed by atoms with Crippen molar-refractivity contribution in [1.82, 2.24) is 15.3 Å². The Hall–Kier alpha value is -3.88. The highest BCUT2D eigenvalue weighted by atomic mass is 19.4. The van der Waals surface area contributed by atoms with Crippen molar-refractivity contribution in [3.63, 3.8) is 0 Å². The lowest BCUT2D eigenvalue weighted by molar-refractivity contribution is -0.137. The Morgan fingerprint density at radius 3 is 2.45 bits per heavy atom. The number of nitrogens with one attached hydrogen (secondary N) is 3. The monoisotopic (exact) mass is 428 g/mol. The fourth-order valence-corrected chi connectivity index (χ4v) is 3.27. The summed E-state index contributed by atoms with van der Waals surface area (Å²) in [6.07, 6.45) is -3.95. The Bertz CT molecular complexity index is 1260. The lowest BCUT2D eigenvalue weighted by Crippen LogP contribution is -2.19. The van der Waals surface area contributed by atoms with E-state index < -0.39 is 23.5 Å². The van der Waals surface area contributed by atoms with Crippen molar-refractivity contribution in [3.8, 4) is 11.3 Å². The van der Waals surface area contributed by atoms with Crippen LogP contribution in [0.1, 0.15) is 15.9 Å². The molecular formula is C22H16F4N4O. The molecule has 0 spiro atoms.